The number of aromatic nitrogens is 5. The third-order valence-electron chi connectivity index (χ3n) is 4.11. The lowest BCUT2D eigenvalue weighted by Gasteiger charge is -2.11. The lowest BCUT2D eigenvalue weighted by Crippen LogP contribution is -2.10. The molecule has 4 rings (SSSR count). The number of alkyl halides is 2. The second-order valence-electron chi connectivity index (χ2n) is 6.22. The van der Waals surface area contributed by atoms with Crippen molar-refractivity contribution >= 4 is 28.6 Å². The van der Waals surface area contributed by atoms with E-state index >= 15 is 0 Å². The van der Waals surface area contributed by atoms with Gasteiger partial charge in [0.25, 0.3) is 0 Å². The minimum atomic E-state index is -3.18. The van der Waals surface area contributed by atoms with Gasteiger partial charge in [0.1, 0.15) is 5.82 Å². The van der Waals surface area contributed by atoms with Crippen molar-refractivity contribution in [3.63, 3.8) is 0 Å². The standard InChI is InChI=1S/C18H12F5N7O/c1-7-25-12-5-9(19)10(20)6-13(12)30(7)18-28-16(24)27-17(29-18)26-8-2-3-14(11(21)4-8)31-15(22)23/h2-6,15H,1H3,(H3,24,26,27,28,29). The zero-order chi connectivity index (χ0) is 22.3. The molecule has 0 aliphatic rings. The van der Waals surface area contributed by atoms with Crippen LogP contribution in [0.2, 0.25) is 0 Å². The van der Waals surface area contributed by atoms with Crippen LogP contribution in [0.15, 0.2) is 30.3 Å². The highest BCUT2D eigenvalue weighted by Gasteiger charge is 2.17. The lowest BCUT2D eigenvalue weighted by molar-refractivity contribution is -0.0521. The van der Waals surface area contributed by atoms with Crippen molar-refractivity contribution in [1.29, 1.82) is 0 Å². The molecular formula is C18H12F5N7O. The molecule has 4 aromatic rings. The molecule has 0 atom stereocenters. The van der Waals surface area contributed by atoms with Gasteiger partial charge >= 0.3 is 6.61 Å². The molecule has 160 valence electrons. The van der Waals surface area contributed by atoms with E-state index in [1.165, 1.54) is 10.6 Å². The number of ether oxygens (including phenoxy) is 1. The average Bonchev–Trinajstić information content (AvgIpc) is 2.98. The van der Waals surface area contributed by atoms with E-state index in [0.717, 1.165) is 24.3 Å². The summed E-state index contributed by atoms with van der Waals surface area (Å²) in [4.78, 5) is 16.2. The molecule has 13 heteroatoms. The number of anilines is 3. The number of nitrogens with zero attached hydrogens (tertiary/aromatic N) is 5. The molecule has 0 fully saturated rings. The molecule has 0 saturated heterocycles. The van der Waals surface area contributed by atoms with Crippen LogP contribution in [0.5, 0.6) is 5.75 Å². The Morgan fingerprint density at radius 1 is 0.968 bits per heavy atom. The van der Waals surface area contributed by atoms with Gasteiger partial charge in [0.05, 0.1) is 11.0 Å². The van der Waals surface area contributed by atoms with Crippen LogP contribution in [0.3, 0.4) is 0 Å². The summed E-state index contributed by atoms with van der Waals surface area (Å²) in [6.45, 7) is -1.61. The van der Waals surface area contributed by atoms with Gasteiger partial charge in [-0.2, -0.15) is 23.7 Å². The van der Waals surface area contributed by atoms with Gasteiger partial charge in [0, 0.05) is 23.9 Å². The van der Waals surface area contributed by atoms with Crippen molar-refractivity contribution in [2.75, 3.05) is 11.1 Å². The molecule has 3 N–H and O–H groups in total. The van der Waals surface area contributed by atoms with Crippen LogP contribution >= 0.6 is 0 Å². The van der Waals surface area contributed by atoms with Gasteiger partial charge in [-0.25, -0.2) is 18.2 Å². The Bertz CT molecular complexity index is 1290. The first-order valence-corrected chi connectivity index (χ1v) is 8.58. The molecule has 0 radical (unpaired) electrons. The van der Waals surface area contributed by atoms with Gasteiger partial charge in [-0.05, 0) is 19.1 Å². The fourth-order valence-electron chi connectivity index (χ4n) is 2.88. The van der Waals surface area contributed by atoms with Crippen molar-refractivity contribution in [2.24, 2.45) is 0 Å². The molecule has 0 spiro atoms. The quantitative estimate of drug-likeness (QED) is 0.457. The van der Waals surface area contributed by atoms with Crippen molar-refractivity contribution in [2.45, 2.75) is 13.5 Å². The maximum absolute atomic E-state index is 13.9. The van der Waals surface area contributed by atoms with Crippen molar-refractivity contribution in [3.8, 4) is 11.7 Å². The fraction of sp³-hybridized carbons (Fsp3) is 0.111. The van der Waals surface area contributed by atoms with E-state index in [-0.39, 0.29) is 34.6 Å². The number of imidazole rings is 1. The highest BCUT2D eigenvalue weighted by molar-refractivity contribution is 5.78. The normalized spacial score (nSPS) is 11.3. The summed E-state index contributed by atoms with van der Waals surface area (Å²) in [7, 11) is 0. The maximum Gasteiger partial charge on any atom is 0.387 e. The number of halogens is 5. The largest absolute Gasteiger partial charge is 0.432 e. The summed E-state index contributed by atoms with van der Waals surface area (Å²) in [5.74, 6) is -3.91. The lowest BCUT2D eigenvalue weighted by atomic mass is 10.3. The van der Waals surface area contributed by atoms with Crippen LogP contribution in [0.25, 0.3) is 17.0 Å². The van der Waals surface area contributed by atoms with Gasteiger partial charge in [-0.15, -0.1) is 0 Å². The van der Waals surface area contributed by atoms with Gasteiger partial charge in [-0.3, -0.25) is 4.57 Å². The molecule has 2 heterocycles. The summed E-state index contributed by atoms with van der Waals surface area (Å²) < 4.78 is 71.1. The van der Waals surface area contributed by atoms with Gasteiger partial charge in [0.15, 0.2) is 23.2 Å². The van der Waals surface area contributed by atoms with Crippen LogP contribution in [0.4, 0.5) is 39.5 Å². The summed E-state index contributed by atoms with van der Waals surface area (Å²) in [5.41, 5.74) is 6.19. The molecule has 31 heavy (non-hydrogen) atoms. The second-order valence-corrected chi connectivity index (χ2v) is 6.22. The van der Waals surface area contributed by atoms with Crippen LogP contribution < -0.4 is 15.8 Å². The predicted molar refractivity (Wildman–Crippen MR) is 99.8 cm³/mol. The van der Waals surface area contributed by atoms with Crippen LogP contribution in [0.1, 0.15) is 5.82 Å². The molecule has 0 unspecified atom stereocenters. The van der Waals surface area contributed by atoms with Gasteiger partial charge in [0.2, 0.25) is 17.8 Å². The van der Waals surface area contributed by atoms with Crippen molar-refractivity contribution in [1.82, 2.24) is 24.5 Å². The van der Waals surface area contributed by atoms with E-state index in [1.54, 1.807) is 6.92 Å². The van der Waals surface area contributed by atoms with E-state index in [9.17, 15) is 22.0 Å². The number of hydrogen-bond donors (Lipinski definition) is 2. The van der Waals surface area contributed by atoms with E-state index in [1.807, 2.05) is 0 Å². The molecule has 0 aliphatic heterocycles. The Morgan fingerprint density at radius 3 is 2.42 bits per heavy atom. The highest BCUT2D eigenvalue weighted by atomic mass is 19.3. The molecule has 0 saturated carbocycles. The summed E-state index contributed by atoms with van der Waals surface area (Å²) in [6.07, 6.45) is 0. The monoisotopic (exact) mass is 437 g/mol. The first-order chi connectivity index (χ1) is 14.7. The van der Waals surface area contributed by atoms with E-state index in [2.05, 4.69) is 30.0 Å². The first-order valence-electron chi connectivity index (χ1n) is 8.58. The molecule has 2 aromatic heterocycles. The highest BCUT2D eigenvalue weighted by Crippen LogP contribution is 2.26. The van der Waals surface area contributed by atoms with E-state index in [4.69, 9.17) is 5.73 Å². The smallest absolute Gasteiger partial charge is 0.387 e. The first kappa shape index (κ1) is 20.3. The molecular weight excluding hydrogens is 425 g/mol. The molecule has 0 bridgehead atoms. The number of nitrogen functional groups attached to an aromatic ring is 1. The summed E-state index contributed by atoms with van der Waals surface area (Å²) >= 11 is 0. The third-order valence-corrected chi connectivity index (χ3v) is 4.11. The molecule has 0 amide bonds. The number of aryl methyl sites for hydroxylation is 1. The van der Waals surface area contributed by atoms with Crippen molar-refractivity contribution < 1.29 is 26.7 Å². The van der Waals surface area contributed by atoms with E-state index < -0.39 is 29.8 Å². The summed E-state index contributed by atoms with van der Waals surface area (Å²) in [5, 5.41) is 2.66. The fourth-order valence-corrected chi connectivity index (χ4v) is 2.88. The van der Waals surface area contributed by atoms with Gasteiger partial charge in [-0.1, -0.05) is 0 Å². The topological polar surface area (TPSA) is 104 Å². The Morgan fingerprint density at radius 2 is 1.71 bits per heavy atom. The zero-order valence-corrected chi connectivity index (χ0v) is 15.6. The number of nitrogens with two attached hydrogens (primary N) is 1. The number of benzene rings is 2. The molecule has 8 nitrogen and oxygen atoms in total. The van der Waals surface area contributed by atoms with Crippen LogP contribution in [0, 0.1) is 24.4 Å². The SMILES string of the molecule is Cc1nc2cc(F)c(F)cc2n1-c1nc(N)nc(Nc2ccc(OC(F)F)c(F)c2)n1. The maximum atomic E-state index is 13.9. The van der Waals surface area contributed by atoms with Gasteiger partial charge < -0.3 is 15.8 Å². The Kier molecular flexibility index (Phi) is 5.01. The Labute approximate surface area is 170 Å². The van der Waals surface area contributed by atoms with E-state index in [0.29, 0.717) is 5.82 Å². The zero-order valence-electron chi connectivity index (χ0n) is 15.6. The number of nitrogens with one attached hydrogen (secondary N) is 1. The number of hydrogen-bond acceptors (Lipinski definition) is 7. The van der Waals surface area contributed by atoms with Crippen LogP contribution in [-0.4, -0.2) is 31.1 Å². The molecule has 0 aliphatic carbocycles. The minimum Gasteiger partial charge on any atom is -0.432 e. The minimum absolute atomic E-state index is 0.0564. The predicted octanol–water partition coefficient (Wildman–Crippen LogP) is 3.86. The number of rotatable bonds is 5. The second kappa shape index (κ2) is 7.66. The molecule has 2 aromatic carbocycles. The van der Waals surface area contributed by atoms with Crippen LogP contribution in [-0.2, 0) is 0 Å². The van der Waals surface area contributed by atoms with Crippen molar-refractivity contribution in [3.05, 3.63) is 53.6 Å². The average molecular weight is 437 g/mol. The Hall–Kier alpha value is -4.03. The Balaban J connectivity index is 1.72. The number of fused-ring (bicyclic) bond motifs is 1. The third kappa shape index (κ3) is 4.01. The summed E-state index contributed by atoms with van der Waals surface area (Å²) in [6, 6.07) is 5.03.